The topological polar surface area (TPSA) is 120 Å². The number of carbonyl (C=O) groups is 2. The molecule has 1 aliphatic rings. The largest absolute Gasteiger partial charge is 0.497 e. The van der Waals surface area contributed by atoms with E-state index in [2.05, 4.69) is 10.4 Å². The number of ether oxygens (including phenoxy) is 1. The molecule has 0 aliphatic carbocycles. The zero-order chi connectivity index (χ0) is 27.5. The first-order chi connectivity index (χ1) is 18.9. The maximum absolute atomic E-state index is 13.5. The van der Waals surface area contributed by atoms with Crippen molar-refractivity contribution in [1.29, 1.82) is 5.26 Å². The van der Waals surface area contributed by atoms with E-state index in [9.17, 15) is 19.1 Å². The molecule has 5 rings (SSSR count). The summed E-state index contributed by atoms with van der Waals surface area (Å²) in [5.74, 6) is -0.568. The molecule has 0 unspecified atom stereocenters. The molecule has 0 spiro atoms. The highest BCUT2D eigenvalue weighted by atomic mass is 19.1. The predicted molar refractivity (Wildman–Crippen MR) is 139 cm³/mol. The van der Waals surface area contributed by atoms with E-state index < -0.39 is 11.9 Å². The lowest BCUT2D eigenvalue weighted by Crippen LogP contribution is -2.30. The van der Waals surface area contributed by atoms with Crippen LogP contribution in [0.4, 0.5) is 9.18 Å². The van der Waals surface area contributed by atoms with E-state index in [0.29, 0.717) is 28.3 Å². The summed E-state index contributed by atoms with van der Waals surface area (Å²) in [6, 6.07) is 20.7. The number of hydrogen-bond donors (Lipinski definition) is 2. The van der Waals surface area contributed by atoms with Crippen LogP contribution in [-0.2, 0) is 17.8 Å². The molecule has 0 atom stereocenters. The molecule has 2 heterocycles. The van der Waals surface area contributed by atoms with Crippen LogP contribution in [0.25, 0.3) is 11.8 Å². The molecule has 4 aromatic rings. The Bertz CT molecular complexity index is 1620. The molecule has 0 bridgehead atoms. The van der Waals surface area contributed by atoms with Crippen molar-refractivity contribution >= 4 is 18.0 Å². The molecule has 1 saturated heterocycles. The van der Waals surface area contributed by atoms with Crippen LogP contribution in [0.5, 0.6) is 11.6 Å². The third-order valence-corrected chi connectivity index (χ3v) is 6.25. The van der Waals surface area contributed by atoms with E-state index in [1.54, 1.807) is 67.8 Å². The van der Waals surface area contributed by atoms with Gasteiger partial charge in [0.15, 0.2) is 0 Å². The van der Waals surface area contributed by atoms with Crippen molar-refractivity contribution in [2.45, 2.75) is 13.0 Å². The van der Waals surface area contributed by atoms with Gasteiger partial charge in [0.2, 0.25) is 5.88 Å². The van der Waals surface area contributed by atoms with Crippen LogP contribution < -0.4 is 10.1 Å². The van der Waals surface area contributed by atoms with Crippen LogP contribution in [0, 0.1) is 17.1 Å². The summed E-state index contributed by atoms with van der Waals surface area (Å²) >= 11 is 0. The first-order valence-corrected chi connectivity index (χ1v) is 11.9. The Morgan fingerprint density at radius 3 is 2.33 bits per heavy atom. The molecule has 1 fully saturated rings. The van der Waals surface area contributed by atoms with Gasteiger partial charge in [-0.05, 0) is 65.7 Å². The number of rotatable bonds is 7. The Morgan fingerprint density at radius 1 is 1.03 bits per heavy atom. The molecule has 3 aromatic carbocycles. The first kappa shape index (κ1) is 25.2. The number of urea groups is 1. The summed E-state index contributed by atoms with van der Waals surface area (Å²) in [5, 5.41) is 27.3. The highest BCUT2D eigenvalue weighted by Crippen LogP contribution is 2.30. The molecule has 0 radical (unpaired) electrons. The Kier molecular flexibility index (Phi) is 6.80. The quantitative estimate of drug-likeness (QED) is 0.276. The Morgan fingerprint density at radius 2 is 1.69 bits per heavy atom. The van der Waals surface area contributed by atoms with Crippen molar-refractivity contribution in [2.75, 3.05) is 7.11 Å². The van der Waals surface area contributed by atoms with E-state index in [1.807, 2.05) is 6.07 Å². The third-order valence-electron chi connectivity index (χ3n) is 6.25. The average molecular weight is 524 g/mol. The fourth-order valence-electron chi connectivity index (χ4n) is 4.17. The number of nitrogens with one attached hydrogen (secondary N) is 1. The second-order valence-electron chi connectivity index (χ2n) is 8.79. The summed E-state index contributed by atoms with van der Waals surface area (Å²) in [7, 11) is 1.54. The van der Waals surface area contributed by atoms with Gasteiger partial charge < -0.3 is 15.2 Å². The molecule has 0 saturated carbocycles. The zero-order valence-electron chi connectivity index (χ0n) is 20.8. The van der Waals surface area contributed by atoms with Gasteiger partial charge in [-0.3, -0.25) is 9.69 Å². The number of aromatic nitrogens is 2. The lowest BCUT2D eigenvalue weighted by atomic mass is 10.1. The Labute approximate surface area is 223 Å². The summed E-state index contributed by atoms with van der Waals surface area (Å²) in [4.78, 5) is 26.9. The van der Waals surface area contributed by atoms with Crippen LogP contribution in [-0.4, -0.2) is 38.8 Å². The molecule has 10 heteroatoms. The number of aromatic hydroxyl groups is 1. The maximum atomic E-state index is 13.5. The summed E-state index contributed by atoms with van der Waals surface area (Å²) in [6.07, 6.45) is 1.62. The summed E-state index contributed by atoms with van der Waals surface area (Å²) in [6.45, 7) is 0.00719. The van der Waals surface area contributed by atoms with Crippen LogP contribution in [0.3, 0.4) is 0 Å². The van der Waals surface area contributed by atoms with Gasteiger partial charge >= 0.3 is 6.03 Å². The van der Waals surface area contributed by atoms with Crippen molar-refractivity contribution < 1.29 is 23.8 Å². The number of halogens is 1. The number of carbonyl (C=O) groups excluding carboxylic acids is 2. The average Bonchev–Trinajstić information content (AvgIpc) is 3.40. The van der Waals surface area contributed by atoms with E-state index >= 15 is 0 Å². The molecule has 3 amide bonds. The first-order valence-electron chi connectivity index (χ1n) is 11.9. The minimum atomic E-state index is -0.613. The molecule has 9 nitrogen and oxygen atoms in total. The van der Waals surface area contributed by atoms with Gasteiger partial charge in [-0.25, -0.2) is 13.9 Å². The third kappa shape index (κ3) is 5.19. The van der Waals surface area contributed by atoms with Crippen molar-refractivity contribution in [3.63, 3.8) is 0 Å². The van der Waals surface area contributed by atoms with Gasteiger partial charge in [0.25, 0.3) is 5.91 Å². The Balaban J connectivity index is 1.50. The summed E-state index contributed by atoms with van der Waals surface area (Å²) < 4.78 is 20.0. The van der Waals surface area contributed by atoms with Crippen molar-refractivity contribution in [3.8, 4) is 23.4 Å². The molecule has 194 valence electrons. The number of nitriles is 1. The van der Waals surface area contributed by atoms with Crippen molar-refractivity contribution in [2.24, 2.45) is 0 Å². The number of amides is 3. The minimum absolute atomic E-state index is 0.00719. The van der Waals surface area contributed by atoms with Crippen molar-refractivity contribution in [1.82, 2.24) is 20.0 Å². The standard InChI is InChI=1S/C29H22FN5O4/c1-39-23-12-10-22(11-13-23)35-27(36)24(25(33-35)14-18-6-8-21(30)9-7-18)15-26-28(37)34(29(38)32-26)17-20-4-2-19(16-31)3-5-20/h2-13,15,36H,14,17H2,1H3,(H,32,38)/b26-15-. The number of nitrogens with zero attached hydrogens (tertiary/aromatic N) is 4. The van der Waals surface area contributed by atoms with Crippen LogP contribution in [0.15, 0.2) is 78.5 Å². The second-order valence-corrected chi connectivity index (χ2v) is 8.79. The van der Waals surface area contributed by atoms with Gasteiger partial charge in [0.05, 0.1) is 42.2 Å². The monoisotopic (exact) mass is 523 g/mol. The highest BCUT2D eigenvalue weighted by molar-refractivity contribution is 6.14. The molecule has 1 aromatic heterocycles. The number of hydrogen-bond acceptors (Lipinski definition) is 6. The predicted octanol–water partition coefficient (Wildman–Crippen LogP) is 4.28. The van der Waals surface area contributed by atoms with E-state index in [-0.39, 0.29) is 35.9 Å². The van der Waals surface area contributed by atoms with Gasteiger partial charge in [-0.15, -0.1) is 0 Å². The molecule has 2 N–H and O–H groups in total. The van der Waals surface area contributed by atoms with Gasteiger partial charge in [0, 0.05) is 6.42 Å². The lowest BCUT2D eigenvalue weighted by Gasteiger charge is -2.11. The molecule has 39 heavy (non-hydrogen) atoms. The second kappa shape index (κ2) is 10.5. The molecular weight excluding hydrogens is 501 g/mol. The van der Waals surface area contributed by atoms with E-state index in [0.717, 1.165) is 10.5 Å². The smallest absolute Gasteiger partial charge is 0.329 e. The van der Waals surface area contributed by atoms with Crippen LogP contribution in [0.1, 0.15) is 27.9 Å². The number of benzene rings is 3. The van der Waals surface area contributed by atoms with Gasteiger partial charge in [-0.2, -0.15) is 10.4 Å². The number of methoxy groups -OCH3 is 1. The minimum Gasteiger partial charge on any atom is -0.497 e. The van der Waals surface area contributed by atoms with E-state index in [4.69, 9.17) is 10.00 Å². The molecule has 1 aliphatic heterocycles. The lowest BCUT2D eigenvalue weighted by molar-refractivity contribution is -0.123. The number of imide groups is 1. The van der Waals surface area contributed by atoms with E-state index in [1.165, 1.54) is 22.9 Å². The fraction of sp³-hybridized carbons (Fsp3) is 0.103. The molecular formula is C29H22FN5O4. The fourth-order valence-corrected chi connectivity index (χ4v) is 4.17. The van der Waals surface area contributed by atoms with Gasteiger partial charge in [-0.1, -0.05) is 24.3 Å². The van der Waals surface area contributed by atoms with Crippen LogP contribution >= 0.6 is 0 Å². The summed E-state index contributed by atoms with van der Waals surface area (Å²) in [5.41, 5.74) is 3.04. The van der Waals surface area contributed by atoms with Crippen LogP contribution in [0.2, 0.25) is 0 Å². The van der Waals surface area contributed by atoms with Crippen molar-refractivity contribution in [3.05, 3.63) is 112 Å². The Hall–Kier alpha value is -5.43. The van der Waals surface area contributed by atoms with Gasteiger partial charge in [0.1, 0.15) is 17.3 Å². The highest BCUT2D eigenvalue weighted by Gasteiger charge is 2.34. The zero-order valence-corrected chi connectivity index (χ0v) is 20.8. The maximum Gasteiger partial charge on any atom is 0.329 e. The SMILES string of the molecule is COc1ccc(-n2nc(Cc3ccc(F)cc3)c(/C=C3\NC(=O)N(Cc4ccc(C#N)cc4)C3=O)c2O)cc1. The normalized spacial score (nSPS) is 14.0.